The Hall–Kier alpha value is -2.16. The van der Waals surface area contributed by atoms with Gasteiger partial charge in [-0.3, -0.25) is 4.79 Å². The third-order valence-electron chi connectivity index (χ3n) is 3.63. The average Bonchev–Trinajstić information content (AvgIpc) is 2.53. The fourth-order valence-corrected chi connectivity index (χ4v) is 2.16. The standard InChI is InChI=1S/C18H20FNO/c1-3-14-4-10-17(11-5-14)20(2)13-12-18(21)15-6-8-16(19)9-7-15/h4-11H,3,12-13H2,1-2H3. The molecule has 0 spiro atoms. The Morgan fingerprint density at radius 1 is 1.05 bits per heavy atom. The van der Waals surface area contributed by atoms with Crippen LogP contribution in [0.15, 0.2) is 48.5 Å². The van der Waals surface area contributed by atoms with E-state index in [1.54, 1.807) is 0 Å². The molecule has 0 fully saturated rings. The van der Waals surface area contributed by atoms with Gasteiger partial charge in [-0.2, -0.15) is 0 Å². The van der Waals surface area contributed by atoms with Gasteiger partial charge in [-0.25, -0.2) is 4.39 Å². The second kappa shape index (κ2) is 7.02. The van der Waals surface area contributed by atoms with Crippen molar-refractivity contribution in [1.82, 2.24) is 0 Å². The second-order valence-corrected chi connectivity index (χ2v) is 5.12. The molecule has 0 aliphatic heterocycles. The number of carbonyl (C=O) groups is 1. The molecule has 0 saturated heterocycles. The topological polar surface area (TPSA) is 20.3 Å². The van der Waals surface area contributed by atoms with Crippen molar-refractivity contribution in [3.8, 4) is 0 Å². The number of carbonyl (C=O) groups excluding carboxylic acids is 1. The van der Waals surface area contributed by atoms with Crippen molar-refractivity contribution >= 4 is 11.5 Å². The Labute approximate surface area is 125 Å². The number of halogens is 1. The largest absolute Gasteiger partial charge is 0.374 e. The number of nitrogens with zero attached hydrogens (tertiary/aromatic N) is 1. The van der Waals surface area contributed by atoms with Gasteiger partial charge in [-0.1, -0.05) is 19.1 Å². The third kappa shape index (κ3) is 4.15. The van der Waals surface area contributed by atoms with Crippen LogP contribution in [0, 0.1) is 5.82 Å². The number of anilines is 1. The van der Waals surface area contributed by atoms with Crippen LogP contribution in [0.25, 0.3) is 0 Å². The Bertz CT molecular complexity index is 590. The first-order valence-electron chi connectivity index (χ1n) is 7.19. The van der Waals surface area contributed by atoms with Crippen molar-refractivity contribution in [3.63, 3.8) is 0 Å². The molecular weight excluding hydrogens is 265 g/mol. The lowest BCUT2D eigenvalue weighted by molar-refractivity contribution is 0.0985. The molecule has 0 radical (unpaired) electrons. The number of Topliss-reactive ketones (excluding diaryl/α,β-unsaturated/α-hetero) is 1. The molecule has 21 heavy (non-hydrogen) atoms. The highest BCUT2D eigenvalue weighted by molar-refractivity contribution is 5.96. The van der Waals surface area contributed by atoms with Gasteiger partial charge in [0.2, 0.25) is 0 Å². The molecule has 0 amide bonds. The first kappa shape index (κ1) is 15.2. The predicted octanol–water partition coefficient (Wildman–Crippen LogP) is 4.10. The minimum atomic E-state index is -0.320. The SMILES string of the molecule is CCc1ccc(N(C)CCC(=O)c2ccc(F)cc2)cc1. The lowest BCUT2D eigenvalue weighted by atomic mass is 10.1. The van der Waals surface area contributed by atoms with E-state index < -0.39 is 0 Å². The minimum absolute atomic E-state index is 0.0343. The maximum Gasteiger partial charge on any atom is 0.164 e. The molecule has 0 saturated carbocycles. The van der Waals surface area contributed by atoms with Gasteiger partial charge in [0.25, 0.3) is 0 Å². The van der Waals surface area contributed by atoms with Crippen LogP contribution < -0.4 is 4.90 Å². The first-order chi connectivity index (χ1) is 10.1. The molecule has 0 aliphatic rings. The highest BCUT2D eigenvalue weighted by Gasteiger charge is 2.08. The summed E-state index contributed by atoms with van der Waals surface area (Å²) in [5.41, 5.74) is 2.96. The van der Waals surface area contributed by atoms with Gasteiger partial charge in [0.15, 0.2) is 5.78 Å². The minimum Gasteiger partial charge on any atom is -0.374 e. The maximum atomic E-state index is 12.8. The summed E-state index contributed by atoms with van der Waals surface area (Å²) < 4.78 is 12.8. The summed E-state index contributed by atoms with van der Waals surface area (Å²) in [6, 6.07) is 14.1. The quantitative estimate of drug-likeness (QED) is 0.745. The van der Waals surface area contributed by atoms with Crippen LogP contribution in [0.4, 0.5) is 10.1 Å². The van der Waals surface area contributed by atoms with Crippen LogP contribution in [0.1, 0.15) is 29.3 Å². The molecule has 3 heteroatoms. The highest BCUT2D eigenvalue weighted by atomic mass is 19.1. The van der Waals surface area contributed by atoms with Crippen LogP contribution in [0.3, 0.4) is 0 Å². The zero-order valence-electron chi connectivity index (χ0n) is 12.5. The Morgan fingerprint density at radius 3 is 2.24 bits per heavy atom. The smallest absolute Gasteiger partial charge is 0.164 e. The van der Waals surface area contributed by atoms with Crippen LogP contribution >= 0.6 is 0 Å². The van der Waals surface area contributed by atoms with E-state index in [1.165, 1.54) is 29.8 Å². The summed E-state index contributed by atoms with van der Waals surface area (Å²) >= 11 is 0. The van der Waals surface area contributed by atoms with E-state index >= 15 is 0 Å². The van der Waals surface area contributed by atoms with Crippen LogP contribution in [-0.4, -0.2) is 19.4 Å². The van der Waals surface area contributed by atoms with Gasteiger partial charge in [-0.05, 0) is 48.4 Å². The monoisotopic (exact) mass is 285 g/mol. The number of hydrogen-bond donors (Lipinski definition) is 0. The van der Waals surface area contributed by atoms with Crippen molar-refractivity contribution < 1.29 is 9.18 Å². The predicted molar refractivity (Wildman–Crippen MR) is 84.4 cm³/mol. The summed E-state index contributed by atoms with van der Waals surface area (Å²) in [4.78, 5) is 14.1. The number of aryl methyl sites for hydroxylation is 1. The van der Waals surface area contributed by atoms with Crippen molar-refractivity contribution in [2.75, 3.05) is 18.5 Å². The van der Waals surface area contributed by atoms with E-state index in [-0.39, 0.29) is 11.6 Å². The Balaban J connectivity index is 1.92. The zero-order valence-corrected chi connectivity index (χ0v) is 12.5. The molecule has 0 aromatic heterocycles. The molecule has 2 aromatic carbocycles. The molecule has 110 valence electrons. The average molecular weight is 285 g/mol. The van der Waals surface area contributed by atoms with E-state index in [1.807, 2.05) is 7.05 Å². The molecule has 0 heterocycles. The van der Waals surface area contributed by atoms with Gasteiger partial charge in [0.05, 0.1) is 0 Å². The van der Waals surface area contributed by atoms with E-state index in [0.29, 0.717) is 18.5 Å². The Kier molecular flexibility index (Phi) is 5.09. The van der Waals surface area contributed by atoms with Crippen LogP contribution in [-0.2, 0) is 6.42 Å². The molecule has 0 unspecified atom stereocenters. The first-order valence-corrected chi connectivity index (χ1v) is 7.19. The van der Waals surface area contributed by atoms with E-state index in [9.17, 15) is 9.18 Å². The zero-order chi connectivity index (χ0) is 15.2. The van der Waals surface area contributed by atoms with E-state index in [0.717, 1.165) is 12.1 Å². The second-order valence-electron chi connectivity index (χ2n) is 5.12. The summed E-state index contributed by atoms with van der Waals surface area (Å²) in [6.45, 7) is 2.77. The molecule has 0 bridgehead atoms. The summed E-state index contributed by atoms with van der Waals surface area (Å²) in [7, 11) is 1.97. The fourth-order valence-electron chi connectivity index (χ4n) is 2.16. The number of benzene rings is 2. The number of ketones is 1. The normalized spacial score (nSPS) is 10.4. The maximum absolute atomic E-state index is 12.8. The lowest BCUT2D eigenvalue weighted by Gasteiger charge is -2.19. The van der Waals surface area contributed by atoms with Gasteiger partial charge in [0, 0.05) is 31.3 Å². The molecule has 0 aliphatic carbocycles. The van der Waals surface area contributed by atoms with Crippen molar-refractivity contribution in [2.24, 2.45) is 0 Å². The van der Waals surface area contributed by atoms with Crippen molar-refractivity contribution in [1.29, 1.82) is 0 Å². The van der Waals surface area contributed by atoms with Gasteiger partial charge < -0.3 is 4.90 Å². The van der Waals surface area contributed by atoms with Gasteiger partial charge in [0.1, 0.15) is 5.82 Å². The number of hydrogen-bond acceptors (Lipinski definition) is 2. The van der Waals surface area contributed by atoms with Gasteiger partial charge >= 0.3 is 0 Å². The van der Waals surface area contributed by atoms with E-state index in [4.69, 9.17) is 0 Å². The Morgan fingerprint density at radius 2 is 1.67 bits per heavy atom. The fraction of sp³-hybridized carbons (Fsp3) is 0.278. The summed E-state index contributed by atoms with van der Waals surface area (Å²) in [6.07, 6.45) is 1.44. The van der Waals surface area contributed by atoms with Crippen molar-refractivity contribution in [2.45, 2.75) is 19.8 Å². The molecule has 2 nitrogen and oxygen atoms in total. The third-order valence-corrected chi connectivity index (χ3v) is 3.63. The van der Waals surface area contributed by atoms with Gasteiger partial charge in [-0.15, -0.1) is 0 Å². The molecule has 0 atom stereocenters. The lowest BCUT2D eigenvalue weighted by Crippen LogP contribution is -2.21. The van der Waals surface area contributed by atoms with Crippen molar-refractivity contribution in [3.05, 3.63) is 65.5 Å². The summed E-state index contributed by atoms with van der Waals surface area (Å²) in [5, 5.41) is 0. The van der Waals surface area contributed by atoms with E-state index in [2.05, 4.69) is 36.1 Å². The molecule has 2 aromatic rings. The molecule has 2 rings (SSSR count). The van der Waals surface area contributed by atoms with Crippen LogP contribution in [0.2, 0.25) is 0 Å². The van der Waals surface area contributed by atoms with Crippen LogP contribution in [0.5, 0.6) is 0 Å². The number of rotatable bonds is 6. The molecule has 0 N–H and O–H groups in total. The summed E-state index contributed by atoms with van der Waals surface area (Å²) in [5.74, 6) is -0.285. The molecular formula is C18H20FNO. The highest BCUT2D eigenvalue weighted by Crippen LogP contribution is 2.15.